The number of para-hydroxylation sites is 1. The van der Waals surface area contributed by atoms with E-state index in [1.54, 1.807) is 23.1 Å². The number of nitrogens with zero attached hydrogens (tertiary/aromatic N) is 1. The molecule has 1 heterocycles. The topological polar surface area (TPSA) is 66.8 Å². The number of carbonyl (C=O) groups is 2. The number of hydrogen-bond acceptors (Lipinski definition) is 3. The van der Waals surface area contributed by atoms with Crippen LogP contribution >= 0.6 is 15.9 Å². The van der Waals surface area contributed by atoms with E-state index in [0.29, 0.717) is 18.8 Å². The van der Waals surface area contributed by atoms with Gasteiger partial charge in [0.1, 0.15) is 5.75 Å². The van der Waals surface area contributed by atoms with Crippen LogP contribution in [0.15, 0.2) is 28.7 Å². The van der Waals surface area contributed by atoms with Crippen LogP contribution in [0.1, 0.15) is 19.8 Å². The van der Waals surface area contributed by atoms with Crippen molar-refractivity contribution in [2.45, 2.75) is 25.4 Å². The number of amides is 1. The molecule has 1 aromatic carbocycles. The minimum Gasteiger partial charge on any atom is -0.478 e. The van der Waals surface area contributed by atoms with E-state index in [9.17, 15) is 14.7 Å². The Kier molecular flexibility index (Phi) is 4.32. The van der Waals surface area contributed by atoms with Crippen molar-refractivity contribution in [3.63, 3.8) is 0 Å². The number of carbonyl (C=O) groups excluding carboxylic acids is 1. The first-order valence-corrected chi connectivity index (χ1v) is 7.16. The maximum atomic E-state index is 11.6. The summed E-state index contributed by atoms with van der Waals surface area (Å²) in [5.74, 6) is -0.521. The van der Waals surface area contributed by atoms with Gasteiger partial charge in [-0.3, -0.25) is 4.79 Å². The summed E-state index contributed by atoms with van der Waals surface area (Å²) in [7, 11) is 0. The average molecular weight is 342 g/mol. The molecule has 0 spiro atoms. The molecule has 0 aromatic heterocycles. The number of aliphatic carboxylic acids is 1. The zero-order chi connectivity index (χ0) is 14.8. The highest BCUT2D eigenvalue weighted by Crippen LogP contribution is 2.33. The van der Waals surface area contributed by atoms with Gasteiger partial charge < -0.3 is 14.7 Å². The molecule has 0 unspecified atom stereocenters. The second kappa shape index (κ2) is 5.83. The van der Waals surface area contributed by atoms with Crippen molar-refractivity contribution in [1.82, 2.24) is 4.90 Å². The van der Waals surface area contributed by atoms with Crippen molar-refractivity contribution in [3.05, 3.63) is 28.7 Å². The number of hydrogen-bond donors (Lipinski definition) is 1. The highest BCUT2D eigenvalue weighted by molar-refractivity contribution is 9.10. The first-order chi connectivity index (χ1) is 9.44. The van der Waals surface area contributed by atoms with Gasteiger partial charge in [0, 0.05) is 32.9 Å². The van der Waals surface area contributed by atoms with Gasteiger partial charge in [0.15, 0.2) is 0 Å². The van der Waals surface area contributed by atoms with Gasteiger partial charge in [-0.1, -0.05) is 12.1 Å². The van der Waals surface area contributed by atoms with Crippen LogP contribution in [0.25, 0.3) is 0 Å². The third-order valence-corrected chi connectivity index (χ3v) is 4.20. The first-order valence-electron chi connectivity index (χ1n) is 6.37. The highest BCUT2D eigenvalue weighted by atomic mass is 79.9. The molecule has 0 atom stereocenters. The van der Waals surface area contributed by atoms with Crippen LogP contribution in [-0.4, -0.2) is 40.6 Å². The maximum absolute atomic E-state index is 11.6. The van der Waals surface area contributed by atoms with E-state index in [4.69, 9.17) is 4.74 Å². The van der Waals surface area contributed by atoms with Crippen molar-refractivity contribution in [1.29, 1.82) is 0 Å². The fourth-order valence-electron chi connectivity index (χ4n) is 2.28. The summed E-state index contributed by atoms with van der Waals surface area (Å²) < 4.78 is 6.50. The number of carboxylic acids is 1. The van der Waals surface area contributed by atoms with Crippen molar-refractivity contribution in [3.8, 4) is 5.75 Å². The van der Waals surface area contributed by atoms with Gasteiger partial charge >= 0.3 is 5.97 Å². The number of ether oxygens (including phenoxy) is 1. The molecule has 6 heteroatoms. The van der Waals surface area contributed by atoms with Gasteiger partial charge in [-0.2, -0.15) is 0 Å². The number of benzene rings is 1. The Morgan fingerprint density at radius 1 is 1.30 bits per heavy atom. The summed E-state index contributed by atoms with van der Waals surface area (Å²) in [6.45, 7) is 2.28. The minimum atomic E-state index is -1.27. The Bertz CT molecular complexity index is 524. The monoisotopic (exact) mass is 341 g/mol. The molecular weight excluding hydrogens is 326 g/mol. The molecular formula is C14H16BrNO4. The molecule has 1 amide bonds. The Morgan fingerprint density at radius 2 is 1.90 bits per heavy atom. The molecule has 1 aromatic rings. The standard InChI is InChI=1S/C14H16BrNO4/c1-10(17)16-8-6-14(7-9-16,13(18)19)20-12-5-3-2-4-11(12)15/h2-5H,6-9H2,1H3,(H,18,19). The van der Waals surface area contributed by atoms with Gasteiger partial charge in [-0.25, -0.2) is 4.79 Å². The molecule has 20 heavy (non-hydrogen) atoms. The zero-order valence-corrected chi connectivity index (χ0v) is 12.7. The average Bonchev–Trinajstić information content (AvgIpc) is 2.42. The van der Waals surface area contributed by atoms with Crippen LogP contribution in [0.4, 0.5) is 0 Å². The molecule has 108 valence electrons. The number of rotatable bonds is 3. The summed E-state index contributed by atoms with van der Waals surface area (Å²) >= 11 is 3.35. The largest absolute Gasteiger partial charge is 0.478 e. The zero-order valence-electron chi connectivity index (χ0n) is 11.1. The molecule has 0 saturated carbocycles. The van der Waals surface area contributed by atoms with Gasteiger partial charge in [0.2, 0.25) is 11.5 Å². The van der Waals surface area contributed by atoms with Crippen LogP contribution in [-0.2, 0) is 9.59 Å². The number of piperidine rings is 1. The van der Waals surface area contributed by atoms with E-state index in [2.05, 4.69) is 15.9 Å². The quantitative estimate of drug-likeness (QED) is 0.915. The maximum Gasteiger partial charge on any atom is 0.348 e. The lowest BCUT2D eigenvalue weighted by Gasteiger charge is -2.38. The van der Waals surface area contributed by atoms with E-state index < -0.39 is 11.6 Å². The van der Waals surface area contributed by atoms with E-state index >= 15 is 0 Å². The van der Waals surface area contributed by atoms with Crippen LogP contribution < -0.4 is 4.74 Å². The van der Waals surface area contributed by atoms with Crippen molar-refractivity contribution in [2.24, 2.45) is 0 Å². The first kappa shape index (κ1) is 14.8. The van der Waals surface area contributed by atoms with Gasteiger partial charge in [-0.15, -0.1) is 0 Å². The number of halogens is 1. The summed E-state index contributed by atoms with van der Waals surface area (Å²) in [6.07, 6.45) is 0.562. The van der Waals surface area contributed by atoms with E-state index in [-0.39, 0.29) is 18.7 Å². The van der Waals surface area contributed by atoms with Gasteiger partial charge in [0.25, 0.3) is 0 Å². The van der Waals surface area contributed by atoms with Crippen LogP contribution in [0, 0.1) is 0 Å². The summed E-state index contributed by atoms with van der Waals surface area (Å²) in [5, 5.41) is 9.52. The van der Waals surface area contributed by atoms with E-state index in [1.165, 1.54) is 6.92 Å². The lowest BCUT2D eigenvalue weighted by atomic mass is 9.91. The SMILES string of the molecule is CC(=O)N1CCC(Oc2ccccc2Br)(C(=O)O)CC1. The van der Waals surface area contributed by atoms with Crippen molar-refractivity contribution in [2.75, 3.05) is 13.1 Å². The highest BCUT2D eigenvalue weighted by Gasteiger charge is 2.44. The third-order valence-electron chi connectivity index (χ3n) is 3.55. The molecule has 0 radical (unpaired) electrons. The van der Waals surface area contributed by atoms with E-state index in [0.717, 1.165) is 4.47 Å². The Labute approximate surface area is 125 Å². The number of carboxylic acid groups (broad SMARTS) is 1. The lowest BCUT2D eigenvalue weighted by molar-refractivity contribution is -0.161. The van der Waals surface area contributed by atoms with Crippen LogP contribution in [0.5, 0.6) is 5.75 Å². The van der Waals surface area contributed by atoms with Gasteiger partial charge in [-0.05, 0) is 28.1 Å². The molecule has 0 aliphatic carbocycles. The molecule has 2 rings (SSSR count). The molecule has 1 fully saturated rings. The molecule has 5 nitrogen and oxygen atoms in total. The number of likely N-dealkylation sites (tertiary alicyclic amines) is 1. The molecule has 1 aliphatic rings. The second-order valence-electron chi connectivity index (χ2n) is 4.84. The van der Waals surface area contributed by atoms with Crippen LogP contribution in [0.3, 0.4) is 0 Å². The predicted molar refractivity (Wildman–Crippen MR) is 76.6 cm³/mol. The molecule has 1 aliphatic heterocycles. The summed E-state index contributed by atoms with van der Waals surface area (Å²) in [5.41, 5.74) is -1.27. The Morgan fingerprint density at radius 3 is 2.40 bits per heavy atom. The van der Waals surface area contributed by atoms with Crippen LogP contribution in [0.2, 0.25) is 0 Å². The third kappa shape index (κ3) is 2.95. The Balaban J connectivity index is 2.18. The summed E-state index contributed by atoms with van der Waals surface area (Å²) in [6, 6.07) is 7.16. The van der Waals surface area contributed by atoms with Gasteiger partial charge in [0.05, 0.1) is 4.47 Å². The lowest BCUT2D eigenvalue weighted by Crippen LogP contribution is -2.54. The van der Waals surface area contributed by atoms with Crippen molar-refractivity contribution >= 4 is 27.8 Å². The smallest absolute Gasteiger partial charge is 0.348 e. The molecule has 1 saturated heterocycles. The molecule has 1 N–H and O–H groups in total. The fraction of sp³-hybridized carbons (Fsp3) is 0.429. The molecule has 0 bridgehead atoms. The fourth-order valence-corrected chi connectivity index (χ4v) is 2.65. The minimum absolute atomic E-state index is 0.0371. The Hall–Kier alpha value is -1.56. The van der Waals surface area contributed by atoms with Crippen molar-refractivity contribution < 1.29 is 19.4 Å². The second-order valence-corrected chi connectivity index (χ2v) is 5.69. The normalized spacial score (nSPS) is 17.6. The summed E-state index contributed by atoms with van der Waals surface area (Å²) in [4.78, 5) is 24.6. The predicted octanol–water partition coefficient (Wildman–Crippen LogP) is 2.29. The van der Waals surface area contributed by atoms with E-state index in [1.807, 2.05) is 6.07 Å².